The first-order valence-corrected chi connectivity index (χ1v) is 7.47. The second-order valence-electron chi connectivity index (χ2n) is 5.47. The van der Waals surface area contributed by atoms with Crippen LogP contribution in [-0.2, 0) is 6.54 Å². The van der Waals surface area contributed by atoms with E-state index in [0.29, 0.717) is 6.04 Å². The second-order valence-corrected chi connectivity index (χ2v) is 5.47. The van der Waals surface area contributed by atoms with Crippen LogP contribution < -0.4 is 10.2 Å². The van der Waals surface area contributed by atoms with Gasteiger partial charge in [-0.15, -0.1) is 0 Å². The fraction of sp³-hybridized carbons (Fsp3) is 0.471. The molecule has 0 atom stereocenters. The van der Waals surface area contributed by atoms with Crippen molar-refractivity contribution in [2.75, 3.05) is 18.5 Å². The highest BCUT2D eigenvalue weighted by molar-refractivity contribution is 5.92. The molecule has 1 aromatic carbocycles. The van der Waals surface area contributed by atoms with Gasteiger partial charge < -0.3 is 10.2 Å². The number of nitrogens with one attached hydrogen (secondary N) is 1. The van der Waals surface area contributed by atoms with E-state index in [-0.39, 0.29) is 0 Å². The van der Waals surface area contributed by atoms with Gasteiger partial charge in [0.1, 0.15) is 0 Å². The zero-order valence-electron chi connectivity index (χ0n) is 13.0. The van der Waals surface area contributed by atoms with Gasteiger partial charge >= 0.3 is 0 Å². The minimum absolute atomic E-state index is 0.489. The van der Waals surface area contributed by atoms with Crippen molar-refractivity contribution in [3.63, 3.8) is 0 Å². The number of anilines is 1. The fourth-order valence-corrected chi connectivity index (χ4v) is 2.62. The molecule has 0 unspecified atom stereocenters. The van der Waals surface area contributed by atoms with Crippen LogP contribution in [0.1, 0.15) is 32.9 Å². The maximum absolute atomic E-state index is 4.74. The highest BCUT2D eigenvalue weighted by Gasteiger charge is 2.14. The average molecular weight is 271 g/mol. The largest absolute Gasteiger partial charge is 0.369 e. The minimum atomic E-state index is 0.489. The molecule has 0 aliphatic heterocycles. The second kappa shape index (κ2) is 6.71. The summed E-state index contributed by atoms with van der Waals surface area (Å²) in [7, 11) is 1.96. The molecule has 0 radical (unpaired) electrons. The van der Waals surface area contributed by atoms with E-state index in [0.717, 1.165) is 30.7 Å². The molecule has 0 amide bonds. The van der Waals surface area contributed by atoms with Crippen LogP contribution in [0.3, 0.4) is 0 Å². The molecule has 3 heteroatoms. The predicted molar refractivity (Wildman–Crippen MR) is 87.3 cm³/mol. The molecule has 0 bridgehead atoms. The molecule has 3 nitrogen and oxygen atoms in total. The Morgan fingerprint density at radius 2 is 2.00 bits per heavy atom. The molecule has 1 heterocycles. The summed E-state index contributed by atoms with van der Waals surface area (Å²) in [4.78, 5) is 7.21. The SMILES string of the molecule is CCCN(c1cc(CNC)nc2ccccc12)C(C)C. The average Bonchev–Trinajstić information content (AvgIpc) is 2.44. The van der Waals surface area contributed by atoms with Gasteiger partial charge in [0, 0.05) is 30.2 Å². The highest BCUT2D eigenvalue weighted by atomic mass is 15.2. The summed E-state index contributed by atoms with van der Waals surface area (Å²) in [5, 5.41) is 4.44. The summed E-state index contributed by atoms with van der Waals surface area (Å²) >= 11 is 0. The monoisotopic (exact) mass is 271 g/mol. The Morgan fingerprint density at radius 1 is 1.25 bits per heavy atom. The van der Waals surface area contributed by atoms with Crippen molar-refractivity contribution in [2.24, 2.45) is 0 Å². The lowest BCUT2D eigenvalue weighted by atomic mass is 10.1. The molecule has 0 saturated heterocycles. The van der Waals surface area contributed by atoms with Crippen LogP contribution in [0.4, 0.5) is 5.69 Å². The molecule has 1 aromatic heterocycles. The van der Waals surface area contributed by atoms with Crippen molar-refractivity contribution >= 4 is 16.6 Å². The Kier molecular flexibility index (Phi) is 4.96. The van der Waals surface area contributed by atoms with Crippen LogP contribution in [-0.4, -0.2) is 24.6 Å². The van der Waals surface area contributed by atoms with Gasteiger partial charge in [-0.2, -0.15) is 0 Å². The van der Waals surface area contributed by atoms with E-state index in [9.17, 15) is 0 Å². The van der Waals surface area contributed by atoms with Gasteiger partial charge in [-0.1, -0.05) is 25.1 Å². The number of hydrogen-bond donors (Lipinski definition) is 1. The van der Waals surface area contributed by atoms with Crippen LogP contribution in [0.5, 0.6) is 0 Å². The molecular weight excluding hydrogens is 246 g/mol. The lowest BCUT2D eigenvalue weighted by molar-refractivity contribution is 0.672. The first-order chi connectivity index (χ1) is 9.67. The van der Waals surface area contributed by atoms with E-state index in [1.165, 1.54) is 11.1 Å². The number of benzene rings is 1. The molecule has 0 spiro atoms. The van der Waals surface area contributed by atoms with Crippen LogP contribution in [0.15, 0.2) is 30.3 Å². The van der Waals surface area contributed by atoms with Crippen molar-refractivity contribution in [1.82, 2.24) is 10.3 Å². The van der Waals surface area contributed by atoms with E-state index in [2.05, 4.69) is 61.3 Å². The molecule has 2 aromatic rings. The molecule has 0 saturated carbocycles. The summed E-state index contributed by atoms with van der Waals surface area (Å²) < 4.78 is 0. The Balaban J connectivity index is 2.58. The third-order valence-corrected chi connectivity index (χ3v) is 3.50. The first kappa shape index (κ1) is 14.8. The smallest absolute Gasteiger partial charge is 0.0726 e. The van der Waals surface area contributed by atoms with Gasteiger partial charge in [0.25, 0.3) is 0 Å². The molecule has 108 valence electrons. The lowest BCUT2D eigenvalue weighted by Gasteiger charge is -2.30. The maximum Gasteiger partial charge on any atom is 0.0726 e. The van der Waals surface area contributed by atoms with Crippen molar-refractivity contribution in [3.05, 3.63) is 36.0 Å². The van der Waals surface area contributed by atoms with Crippen LogP contribution in [0.2, 0.25) is 0 Å². The number of aromatic nitrogens is 1. The van der Waals surface area contributed by atoms with Crippen LogP contribution in [0, 0.1) is 0 Å². The van der Waals surface area contributed by atoms with E-state index in [4.69, 9.17) is 4.98 Å². The van der Waals surface area contributed by atoms with Gasteiger partial charge in [0.2, 0.25) is 0 Å². The zero-order chi connectivity index (χ0) is 14.5. The number of nitrogens with zero attached hydrogens (tertiary/aromatic N) is 2. The van der Waals surface area contributed by atoms with E-state index < -0.39 is 0 Å². The summed E-state index contributed by atoms with van der Waals surface area (Å²) in [6, 6.07) is 11.1. The van der Waals surface area contributed by atoms with Crippen molar-refractivity contribution in [1.29, 1.82) is 0 Å². The summed E-state index contributed by atoms with van der Waals surface area (Å²) in [5.41, 5.74) is 3.48. The third-order valence-electron chi connectivity index (χ3n) is 3.50. The number of rotatable bonds is 6. The summed E-state index contributed by atoms with van der Waals surface area (Å²) in [6.45, 7) is 8.61. The standard InChI is InChI=1S/C17H25N3/c1-5-10-20(13(2)3)17-11-14(12-18-4)19-16-9-7-6-8-15(16)17/h6-9,11,13,18H,5,10,12H2,1-4H3. The predicted octanol–water partition coefficient (Wildman–Crippen LogP) is 3.58. The quantitative estimate of drug-likeness (QED) is 0.870. The maximum atomic E-state index is 4.74. The fourth-order valence-electron chi connectivity index (χ4n) is 2.62. The van der Waals surface area contributed by atoms with Crippen molar-refractivity contribution in [2.45, 2.75) is 39.8 Å². The third kappa shape index (κ3) is 3.10. The number of fused-ring (bicyclic) bond motifs is 1. The number of para-hydroxylation sites is 1. The molecular formula is C17H25N3. The van der Waals surface area contributed by atoms with E-state index >= 15 is 0 Å². The van der Waals surface area contributed by atoms with Crippen molar-refractivity contribution in [3.8, 4) is 0 Å². The summed E-state index contributed by atoms with van der Waals surface area (Å²) in [6.07, 6.45) is 1.15. The zero-order valence-corrected chi connectivity index (χ0v) is 13.0. The first-order valence-electron chi connectivity index (χ1n) is 7.47. The molecule has 0 fully saturated rings. The van der Waals surface area contributed by atoms with Gasteiger partial charge in [-0.25, -0.2) is 0 Å². The van der Waals surface area contributed by atoms with Crippen LogP contribution >= 0.6 is 0 Å². The van der Waals surface area contributed by atoms with Gasteiger partial charge in [-0.3, -0.25) is 4.98 Å². The Labute approximate surface area is 122 Å². The van der Waals surface area contributed by atoms with Gasteiger partial charge in [0.15, 0.2) is 0 Å². The van der Waals surface area contributed by atoms with E-state index in [1.54, 1.807) is 0 Å². The molecule has 0 aliphatic carbocycles. The molecule has 0 aliphatic rings. The normalized spacial score (nSPS) is 11.2. The van der Waals surface area contributed by atoms with Gasteiger partial charge in [0.05, 0.1) is 11.2 Å². The number of hydrogen-bond acceptors (Lipinski definition) is 3. The van der Waals surface area contributed by atoms with Crippen molar-refractivity contribution < 1.29 is 0 Å². The Hall–Kier alpha value is -1.61. The molecule has 20 heavy (non-hydrogen) atoms. The summed E-state index contributed by atoms with van der Waals surface area (Å²) in [5.74, 6) is 0. The Bertz CT molecular complexity index is 563. The number of pyridine rings is 1. The lowest BCUT2D eigenvalue weighted by Crippen LogP contribution is -2.31. The van der Waals surface area contributed by atoms with Gasteiger partial charge in [-0.05, 0) is 39.4 Å². The Morgan fingerprint density at radius 3 is 2.65 bits per heavy atom. The highest BCUT2D eigenvalue weighted by Crippen LogP contribution is 2.28. The van der Waals surface area contributed by atoms with E-state index in [1.807, 2.05) is 7.05 Å². The molecule has 1 N–H and O–H groups in total. The minimum Gasteiger partial charge on any atom is -0.369 e. The topological polar surface area (TPSA) is 28.2 Å². The van der Waals surface area contributed by atoms with Crippen LogP contribution in [0.25, 0.3) is 10.9 Å². The molecule has 2 rings (SSSR count).